The number of benzene rings is 1. The molecular formula is C16H15ClN2O2. The van der Waals surface area contributed by atoms with Crippen molar-refractivity contribution >= 4 is 34.3 Å². The molecule has 1 atom stereocenters. The molecule has 3 rings (SSSR count). The van der Waals surface area contributed by atoms with Crippen LogP contribution in [0.5, 0.6) is 0 Å². The van der Waals surface area contributed by atoms with E-state index in [-0.39, 0.29) is 22.9 Å². The van der Waals surface area contributed by atoms with Gasteiger partial charge in [-0.25, -0.2) is 4.98 Å². The number of para-hydroxylation sites is 1. The topological polar surface area (TPSA) is 50.3 Å². The van der Waals surface area contributed by atoms with E-state index in [0.717, 1.165) is 11.8 Å². The van der Waals surface area contributed by atoms with Crippen LogP contribution in [0, 0.1) is 5.92 Å². The highest BCUT2D eigenvalue weighted by atomic mass is 35.5. The summed E-state index contributed by atoms with van der Waals surface area (Å²) in [5, 5.41) is 0.982. The summed E-state index contributed by atoms with van der Waals surface area (Å²) in [5.74, 6) is -0.134. The second-order valence-electron chi connectivity index (χ2n) is 5.30. The van der Waals surface area contributed by atoms with Gasteiger partial charge < -0.3 is 0 Å². The first-order chi connectivity index (χ1) is 10.1. The second kappa shape index (κ2) is 5.45. The molecule has 1 aromatic heterocycles. The van der Waals surface area contributed by atoms with Crippen LogP contribution >= 0.6 is 11.6 Å². The lowest BCUT2D eigenvalue weighted by atomic mass is 10.1. The van der Waals surface area contributed by atoms with E-state index in [4.69, 9.17) is 11.6 Å². The molecule has 4 nitrogen and oxygen atoms in total. The fourth-order valence-electron chi connectivity index (χ4n) is 2.72. The van der Waals surface area contributed by atoms with Crippen LogP contribution in [0.3, 0.4) is 0 Å². The van der Waals surface area contributed by atoms with E-state index in [1.165, 1.54) is 4.90 Å². The van der Waals surface area contributed by atoms with Crippen LogP contribution < -0.4 is 0 Å². The Morgan fingerprint density at radius 2 is 2.19 bits per heavy atom. The van der Waals surface area contributed by atoms with Gasteiger partial charge in [-0.1, -0.05) is 43.1 Å². The molecule has 0 spiro atoms. The third-order valence-corrected chi connectivity index (χ3v) is 4.14. The summed E-state index contributed by atoms with van der Waals surface area (Å²) < 4.78 is 0. The molecule has 5 heteroatoms. The summed E-state index contributed by atoms with van der Waals surface area (Å²) in [6, 6.07) is 8.85. The molecule has 2 aromatic rings. The Morgan fingerprint density at radius 1 is 1.43 bits per heavy atom. The van der Waals surface area contributed by atoms with Gasteiger partial charge in [0, 0.05) is 18.4 Å². The van der Waals surface area contributed by atoms with E-state index in [2.05, 4.69) is 4.98 Å². The first-order valence-electron chi connectivity index (χ1n) is 7.00. The van der Waals surface area contributed by atoms with Crippen molar-refractivity contribution in [2.75, 3.05) is 6.54 Å². The summed E-state index contributed by atoms with van der Waals surface area (Å²) in [4.78, 5) is 30.3. The van der Waals surface area contributed by atoms with Crippen LogP contribution in [0.15, 0.2) is 30.3 Å². The number of amides is 2. The van der Waals surface area contributed by atoms with Gasteiger partial charge in [-0.05, 0) is 18.1 Å². The second-order valence-corrected chi connectivity index (χ2v) is 5.68. The van der Waals surface area contributed by atoms with Crippen molar-refractivity contribution in [3.05, 3.63) is 41.0 Å². The fourth-order valence-corrected chi connectivity index (χ4v) is 2.92. The minimum Gasteiger partial charge on any atom is -0.278 e. The zero-order valence-corrected chi connectivity index (χ0v) is 12.4. The van der Waals surface area contributed by atoms with Crippen LogP contribution in [0.1, 0.15) is 30.1 Å². The molecular weight excluding hydrogens is 288 g/mol. The number of carbonyl (C=O) groups excluding carboxylic acids is 2. The van der Waals surface area contributed by atoms with Crippen molar-refractivity contribution < 1.29 is 9.59 Å². The Bertz CT molecular complexity index is 729. The van der Waals surface area contributed by atoms with Crippen molar-refractivity contribution in [1.82, 2.24) is 9.88 Å². The van der Waals surface area contributed by atoms with E-state index >= 15 is 0 Å². The summed E-state index contributed by atoms with van der Waals surface area (Å²) in [7, 11) is 0. The molecule has 1 saturated heterocycles. The van der Waals surface area contributed by atoms with E-state index < -0.39 is 0 Å². The van der Waals surface area contributed by atoms with Crippen LogP contribution in [-0.2, 0) is 4.79 Å². The predicted octanol–water partition coefficient (Wildman–Crippen LogP) is 3.29. The van der Waals surface area contributed by atoms with E-state index in [1.54, 1.807) is 12.1 Å². The Hall–Kier alpha value is -1.94. The largest absolute Gasteiger partial charge is 0.278 e. The molecule has 0 saturated carbocycles. The smallest absolute Gasteiger partial charge is 0.261 e. The van der Waals surface area contributed by atoms with Gasteiger partial charge in [-0.2, -0.15) is 0 Å². The van der Waals surface area contributed by atoms with Gasteiger partial charge in [0.1, 0.15) is 5.15 Å². The highest BCUT2D eigenvalue weighted by Crippen LogP contribution is 2.26. The standard InChI is InChI=1S/C16H15ClN2O2/c1-2-10-7-15(20)19(9-10)16(21)12-8-14(17)18-13-6-4-3-5-11(12)13/h3-6,8,10H,2,7,9H2,1H3. The van der Waals surface area contributed by atoms with Gasteiger partial charge in [-0.15, -0.1) is 0 Å². The molecule has 21 heavy (non-hydrogen) atoms. The van der Waals surface area contributed by atoms with Crippen LogP contribution in [0.4, 0.5) is 0 Å². The Balaban J connectivity index is 2.04. The average Bonchev–Trinajstić information content (AvgIpc) is 2.86. The lowest BCUT2D eigenvalue weighted by Crippen LogP contribution is -2.32. The number of pyridine rings is 1. The van der Waals surface area contributed by atoms with Gasteiger partial charge in [-0.3, -0.25) is 14.5 Å². The van der Waals surface area contributed by atoms with Crippen LogP contribution in [-0.4, -0.2) is 28.2 Å². The van der Waals surface area contributed by atoms with Crippen molar-refractivity contribution in [2.24, 2.45) is 5.92 Å². The normalized spacial score (nSPS) is 18.5. The molecule has 2 amide bonds. The third kappa shape index (κ3) is 2.51. The van der Waals surface area contributed by atoms with E-state index in [0.29, 0.717) is 24.0 Å². The summed E-state index contributed by atoms with van der Waals surface area (Å²) in [6.07, 6.45) is 1.34. The molecule has 1 unspecified atom stereocenters. The Morgan fingerprint density at radius 3 is 2.90 bits per heavy atom. The number of aromatic nitrogens is 1. The number of hydrogen-bond acceptors (Lipinski definition) is 3. The van der Waals surface area contributed by atoms with Crippen molar-refractivity contribution in [2.45, 2.75) is 19.8 Å². The maximum absolute atomic E-state index is 12.7. The lowest BCUT2D eigenvalue weighted by molar-refractivity contribution is -0.125. The summed E-state index contributed by atoms with van der Waals surface area (Å²) in [5.41, 5.74) is 1.10. The molecule has 1 aromatic carbocycles. The number of imide groups is 1. The van der Waals surface area contributed by atoms with Gasteiger partial charge in [0.2, 0.25) is 5.91 Å². The molecule has 0 N–H and O–H groups in total. The van der Waals surface area contributed by atoms with Crippen molar-refractivity contribution in [3.63, 3.8) is 0 Å². The van der Waals surface area contributed by atoms with Gasteiger partial charge in [0.05, 0.1) is 11.1 Å². The third-order valence-electron chi connectivity index (χ3n) is 3.94. The molecule has 1 aliphatic heterocycles. The Labute approximate surface area is 127 Å². The molecule has 0 bridgehead atoms. The van der Waals surface area contributed by atoms with Crippen molar-refractivity contribution in [3.8, 4) is 0 Å². The maximum atomic E-state index is 12.7. The molecule has 108 valence electrons. The molecule has 0 radical (unpaired) electrons. The number of hydrogen-bond donors (Lipinski definition) is 0. The lowest BCUT2D eigenvalue weighted by Gasteiger charge is -2.16. The van der Waals surface area contributed by atoms with Gasteiger partial charge >= 0.3 is 0 Å². The average molecular weight is 303 g/mol. The quantitative estimate of drug-likeness (QED) is 0.632. The van der Waals surface area contributed by atoms with Crippen LogP contribution in [0.25, 0.3) is 10.9 Å². The molecule has 1 aliphatic rings. The number of halogens is 1. The first kappa shape index (κ1) is 14.0. The monoisotopic (exact) mass is 302 g/mol. The van der Waals surface area contributed by atoms with E-state index in [1.807, 2.05) is 25.1 Å². The number of carbonyl (C=O) groups is 2. The summed E-state index contributed by atoms with van der Waals surface area (Å²) >= 11 is 6.00. The van der Waals surface area contributed by atoms with E-state index in [9.17, 15) is 9.59 Å². The maximum Gasteiger partial charge on any atom is 0.261 e. The SMILES string of the molecule is CCC1CC(=O)N(C(=O)c2cc(Cl)nc3ccccc23)C1. The van der Waals surface area contributed by atoms with Crippen molar-refractivity contribution in [1.29, 1.82) is 0 Å². The summed E-state index contributed by atoms with van der Waals surface area (Å²) in [6.45, 7) is 2.52. The van der Waals surface area contributed by atoms with Gasteiger partial charge in [0.15, 0.2) is 0 Å². The number of rotatable bonds is 2. The zero-order valence-electron chi connectivity index (χ0n) is 11.7. The fraction of sp³-hybridized carbons (Fsp3) is 0.312. The molecule has 1 fully saturated rings. The highest BCUT2D eigenvalue weighted by Gasteiger charge is 2.34. The predicted molar refractivity (Wildman–Crippen MR) is 81.2 cm³/mol. The minimum absolute atomic E-state index is 0.108. The number of fused-ring (bicyclic) bond motifs is 1. The first-order valence-corrected chi connectivity index (χ1v) is 7.38. The minimum atomic E-state index is -0.281. The van der Waals surface area contributed by atoms with Gasteiger partial charge in [0.25, 0.3) is 5.91 Å². The highest BCUT2D eigenvalue weighted by molar-refractivity contribution is 6.30. The number of likely N-dealkylation sites (tertiary alicyclic amines) is 1. The Kier molecular flexibility index (Phi) is 3.64. The van der Waals surface area contributed by atoms with Crippen LogP contribution in [0.2, 0.25) is 5.15 Å². The molecule has 0 aliphatic carbocycles. The number of nitrogens with zero attached hydrogens (tertiary/aromatic N) is 2. The molecule has 2 heterocycles. The zero-order chi connectivity index (χ0) is 15.0.